The van der Waals surface area contributed by atoms with Gasteiger partial charge in [-0.05, 0) is 70.3 Å². The van der Waals surface area contributed by atoms with Crippen molar-refractivity contribution in [3.63, 3.8) is 0 Å². The third-order valence-corrected chi connectivity index (χ3v) is 6.28. The molecule has 0 aliphatic carbocycles. The highest BCUT2D eigenvalue weighted by atomic mass is 35.5. The van der Waals surface area contributed by atoms with Crippen molar-refractivity contribution < 1.29 is 14.4 Å². The van der Waals surface area contributed by atoms with Crippen molar-refractivity contribution in [1.82, 2.24) is 15.5 Å². The fraction of sp³-hybridized carbons (Fsp3) is 0.526. The molecule has 2 saturated heterocycles. The Morgan fingerprint density at radius 3 is 2.59 bits per heavy atom. The zero-order valence-electron chi connectivity index (χ0n) is 15.8. The summed E-state index contributed by atoms with van der Waals surface area (Å²) >= 11 is 6.11. The number of rotatable bonds is 4. The lowest BCUT2D eigenvalue weighted by Gasteiger charge is -2.40. The van der Waals surface area contributed by atoms with Crippen LogP contribution in [0.5, 0.6) is 0 Å². The van der Waals surface area contributed by atoms with Gasteiger partial charge >= 0.3 is 6.03 Å². The van der Waals surface area contributed by atoms with Crippen molar-refractivity contribution in [1.29, 1.82) is 0 Å². The van der Waals surface area contributed by atoms with Crippen LogP contribution in [0.25, 0.3) is 0 Å². The Kier molecular flexibility index (Phi) is 5.44. The average Bonchev–Trinajstić information content (AvgIpc) is 2.91. The Hall–Kier alpha value is -2.12. The highest BCUT2D eigenvalue weighted by molar-refractivity contribution is 6.31. The first kappa shape index (κ1) is 19.6. The third kappa shape index (κ3) is 3.80. The second-order valence-corrected chi connectivity index (χ2v) is 7.91. The molecule has 27 heavy (non-hydrogen) atoms. The molecule has 1 aromatic carbocycles. The lowest BCUT2D eigenvalue weighted by molar-refractivity contribution is -0.127. The van der Waals surface area contributed by atoms with Crippen molar-refractivity contribution in [2.45, 2.75) is 45.2 Å². The van der Waals surface area contributed by atoms with E-state index in [4.69, 9.17) is 11.6 Å². The molecular formula is C19H25ClN4O3. The summed E-state index contributed by atoms with van der Waals surface area (Å²) in [6.07, 6.45) is 1.47. The number of likely N-dealkylation sites (tertiary alicyclic amines) is 1. The molecule has 0 aromatic heterocycles. The van der Waals surface area contributed by atoms with Gasteiger partial charge < -0.3 is 10.6 Å². The topological polar surface area (TPSA) is 90.5 Å². The summed E-state index contributed by atoms with van der Waals surface area (Å²) in [5.41, 5.74) is 0.688. The second kappa shape index (κ2) is 7.48. The molecule has 7 nitrogen and oxygen atoms in total. The molecule has 3 N–H and O–H groups in total. The van der Waals surface area contributed by atoms with Gasteiger partial charge in [-0.2, -0.15) is 0 Å². The zero-order valence-corrected chi connectivity index (χ0v) is 16.5. The molecule has 2 aliphatic heterocycles. The molecule has 4 amide bonds. The molecular weight excluding hydrogens is 368 g/mol. The van der Waals surface area contributed by atoms with E-state index in [2.05, 4.69) is 20.9 Å². The molecule has 0 saturated carbocycles. The minimum absolute atomic E-state index is 0.0469. The standard InChI is InChI=1S/C19H25ClN4O3/c1-11-14(20)5-4-6-15(11)21-16(25)12(2)24-9-7-13(8-10-24)19(3)17(26)22-18(27)23-19/h4-6,12-13H,7-10H2,1-3H3,(H,21,25)(H2,22,23,26,27)/t12-,19-/m1/s1. The maximum Gasteiger partial charge on any atom is 0.322 e. The number of carbonyl (C=O) groups excluding carboxylic acids is 3. The maximum absolute atomic E-state index is 12.7. The largest absolute Gasteiger partial charge is 0.324 e. The normalized spacial score (nSPS) is 25.0. The number of imide groups is 1. The van der Waals surface area contributed by atoms with Gasteiger partial charge in [-0.25, -0.2) is 4.79 Å². The molecule has 0 unspecified atom stereocenters. The van der Waals surface area contributed by atoms with E-state index in [1.54, 1.807) is 13.0 Å². The van der Waals surface area contributed by atoms with Gasteiger partial charge in [0.05, 0.1) is 6.04 Å². The Morgan fingerprint density at radius 2 is 2.00 bits per heavy atom. The number of piperidine rings is 1. The molecule has 146 valence electrons. The van der Waals surface area contributed by atoms with Crippen LogP contribution in [-0.2, 0) is 9.59 Å². The molecule has 2 fully saturated rings. The summed E-state index contributed by atoms with van der Waals surface area (Å²) in [6, 6.07) is 4.70. The van der Waals surface area contributed by atoms with Gasteiger partial charge in [-0.3, -0.25) is 19.8 Å². The molecule has 0 spiro atoms. The highest BCUT2D eigenvalue weighted by Crippen LogP contribution is 2.31. The molecule has 1 aromatic rings. The Morgan fingerprint density at radius 1 is 1.33 bits per heavy atom. The van der Waals surface area contributed by atoms with Crippen molar-refractivity contribution in [2.24, 2.45) is 5.92 Å². The van der Waals surface area contributed by atoms with Crippen LogP contribution in [0, 0.1) is 12.8 Å². The minimum atomic E-state index is -0.868. The van der Waals surface area contributed by atoms with E-state index in [1.165, 1.54) is 0 Å². The molecule has 2 atom stereocenters. The van der Waals surface area contributed by atoms with Crippen LogP contribution in [-0.4, -0.2) is 47.4 Å². The van der Waals surface area contributed by atoms with Gasteiger partial charge in [0, 0.05) is 10.7 Å². The maximum atomic E-state index is 12.7. The fourth-order valence-electron chi connectivity index (χ4n) is 3.85. The number of urea groups is 1. The second-order valence-electron chi connectivity index (χ2n) is 7.50. The van der Waals surface area contributed by atoms with Crippen molar-refractivity contribution in [3.8, 4) is 0 Å². The summed E-state index contributed by atoms with van der Waals surface area (Å²) in [7, 11) is 0. The average molecular weight is 393 g/mol. The van der Waals surface area contributed by atoms with Crippen LogP contribution < -0.4 is 16.0 Å². The Labute approximate surface area is 163 Å². The van der Waals surface area contributed by atoms with E-state index in [-0.39, 0.29) is 23.8 Å². The lowest BCUT2D eigenvalue weighted by Crippen LogP contribution is -2.55. The quantitative estimate of drug-likeness (QED) is 0.686. The van der Waals surface area contributed by atoms with Gasteiger partial charge in [0.2, 0.25) is 5.91 Å². The number of carbonyl (C=O) groups is 3. The first-order chi connectivity index (χ1) is 12.7. The number of hydrogen-bond acceptors (Lipinski definition) is 4. The smallest absolute Gasteiger partial charge is 0.322 e. The van der Waals surface area contributed by atoms with E-state index in [1.807, 2.05) is 26.0 Å². The molecule has 2 heterocycles. The number of nitrogens with one attached hydrogen (secondary N) is 3. The lowest BCUT2D eigenvalue weighted by atomic mass is 9.79. The van der Waals surface area contributed by atoms with Crippen LogP contribution in [0.1, 0.15) is 32.3 Å². The zero-order chi connectivity index (χ0) is 19.8. The third-order valence-electron chi connectivity index (χ3n) is 5.87. The molecule has 8 heteroatoms. The number of anilines is 1. The van der Waals surface area contributed by atoms with Gasteiger partial charge in [-0.15, -0.1) is 0 Å². The minimum Gasteiger partial charge on any atom is -0.324 e. The van der Waals surface area contributed by atoms with E-state index in [0.29, 0.717) is 23.8 Å². The van der Waals surface area contributed by atoms with Gasteiger partial charge in [0.25, 0.3) is 5.91 Å². The van der Waals surface area contributed by atoms with E-state index in [0.717, 1.165) is 18.4 Å². The number of benzene rings is 1. The van der Waals surface area contributed by atoms with Crippen LogP contribution in [0.15, 0.2) is 18.2 Å². The van der Waals surface area contributed by atoms with Crippen molar-refractivity contribution >= 4 is 35.1 Å². The Bertz CT molecular complexity index is 776. The van der Waals surface area contributed by atoms with Crippen LogP contribution >= 0.6 is 11.6 Å². The summed E-state index contributed by atoms with van der Waals surface area (Å²) in [5.74, 6) is -0.309. The number of halogens is 1. The van der Waals surface area contributed by atoms with Crippen LogP contribution in [0.3, 0.4) is 0 Å². The molecule has 0 bridgehead atoms. The molecule has 0 radical (unpaired) electrons. The van der Waals surface area contributed by atoms with Gasteiger partial charge in [-0.1, -0.05) is 17.7 Å². The van der Waals surface area contributed by atoms with Crippen LogP contribution in [0.2, 0.25) is 5.02 Å². The first-order valence-electron chi connectivity index (χ1n) is 9.16. The summed E-state index contributed by atoms with van der Waals surface area (Å²) < 4.78 is 0. The van der Waals surface area contributed by atoms with Crippen molar-refractivity contribution in [3.05, 3.63) is 28.8 Å². The van der Waals surface area contributed by atoms with E-state index in [9.17, 15) is 14.4 Å². The van der Waals surface area contributed by atoms with Gasteiger partial charge in [0.15, 0.2) is 0 Å². The predicted octanol–water partition coefficient (Wildman–Crippen LogP) is 2.29. The SMILES string of the molecule is Cc1c(Cl)cccc1NC(=O)[C@@H](C)N1CCC([C@@]2(C)NC(=O)NC2=O)CC1. The van der Waals surface area contributed by atoms with Gasteiger partial charge in [0.1, 0.15) is 5.54 Å². The predicted molar refractivity (Wildman–Crippen MR) is 104 cm³/mol. The molecule has 2 aliphatic rings. The van der Waals surface area contributed by atoms with E-state index < -0.39 is 11.6 Å². The highest BCUT2D eigenvalue weighted by Gasteiger charge is 2.48. The number of amides is 4. The number of nitrogens with zero attached hydrogens (tertiary/aromatic N) is 1. The van der Waals surface area contributed by atoms with E-state index >= 15 is 0 Å². The summed E-state index contributed by atoms with van der Waals surface area (Å²) in [6.45, 7) is 6.89. The first-order valence-corrected chi connectivity index (χ1v) is 9.54. The fourth-order valence-corrected chi connectivity index (χ4v) is 4.03. The summed E-state index contributed by atoms with van der Waals surface area (Å²) in [4.78, 5) is 38.3. The van der Waals surface area contributed by atoms with Crippen molar-refractivity contribution in [2.75, 3.05) is 18.4 Å². The molecule has 3 rings (SSSR count). The monoisotopic (exact) mass is 392 g/mol. The number of hydrogen-bond donors (Lipinski definition) is 3. The Balaban J connectivity index is 1.59. The van der Waals surface area contributed by atoms with Crippen LogP contribution in [0.4, 0.5) is 10.5 Å². The summed E-state index contributed by atoms with van der Waals surface area (Å²) in [5, 5.41) is 8.63.